The molecule has 0 spiro atoms. The van der Waals surface area contributed by atoms with Crippen LogP contribution in [0.4, 0.5) is 0 Å². The van der Waals surface area contributed by atoms with Crippen LogP contribution in [0.1, 0.15) is 35.7 Å². The van der Waals surface area contributed by atoms with Gasteiger partial charge in [0.15, 0.2) is 0 Å². The molecule has 0 aromatic carbocycles. The number of furan rings is 1. The molecule has 0 aliphatic heterocycles. The lowest BCUT2D eigenvalue weighted by atomic mass is 10.1. The first-order valence-electron chi connectivity index (χ1n) is 5.34. The molecule has 2 rings (SSSR count). The summed E-state index contributed by atoms with van der Waals surface area (Å²) in [4.78, 5) is 4.24. The molecule has 17 heavy (non-hydrogen) atoms. The van der Waals surface area contributed by atoms with E-state index < -0.39 is 0 Å². The van der Waals surface area contributed by atoms with Gasteiger partial charge in [0.25, 0.3) is 0 Å². The second-order valence-electron chi connectivity index (χ2n) is 3.95. The predicted molar refractivity (Wildman–Crippen MR) is 72.8 cm³/mol. The van der Waals surface area contributed by atoms with E-state index >= 15 is 0 Å². The van der Waals surface area contributed by atoms with Crippen molar-refractivity contribution in [3.05, 3.63) is 39.7 Å². The molecule has 0 radical (unpaired) electrons. The maximum absolute atomic E-state index is 5.52. The molecule has 0 saturated carbocycles. The van der Waals surface area contributed by atoms with Crippen LogP contribution in [0.15, 0.2) is 21.4 Å². The molecule has 1 atom stereocenters. The first-order valence-corrected chi connectivity index (χ1v) is 6.28. The standard InChI is InChI=1S/C12H16N2OS.ClH/c1-8-4-12(10(3)15-8)9(2)13-5-11-6-16-7-14-11;/h4,6-7,9,13H,5H2,1-3H3;1H. The summed E-state index contributed by atoms with van der Waals surface area (Å²) >= 11 is 1.62. The minimum absolute atomic E-state index is 0. The molecule has 3 nitrogen and oxygen atoms in total. The van der Waals surface area contributed by atoms with E-state index in [1.807, 2.05) is 19.4 Å². The number of thiazole rings is 1. The SMILES string of the molecule is Cc1cc(C(C)NCc2cscn2)c(C)o1.Cl. The molecule has 94 valence electrons. The number of halogens is 1. The zero-order valence-corrected chi connectivity index (χ0v) is 11.8. The Morgan fingerprint density at radius 1 is 1.47 bits per heavy atom. The summed E-state index contributed by atoms with van der Waals surface area (Å²) in [5.74, 6) is 1.96. The minimum Gasteiger partial charge on any atom is -0.466 e. The van der Waals surface area contributed by atoms with Crippen LogP contribution in [0.25, 0.3) is 0 Å². The van der Waals surface area contributed by atoms with E-state index in [4.69, 9.17) is 4.42 Å². The Morgan fingerprint density at radius 2 is 2.24 bits per heavy atom. The van der Waals surface area contributed by atoms with E-state index in [1.165, 1.54) is 5.56 Å². The zero-order chi connectivity index (χ0) is 11.5. The molecule has 0 fully saturated rings. The van der Waals surface area contributed by atoms with Gasteiger partial charge in [-0.15, -0.1) is 23.7 Å². The lowest BCUT2D eigenvalue weighted by Crippen LogP contribution is -2.18. The van der Waals surface area contributed by atoms with Gasteiger partial charge >= 0.3 is 0 Å². The van der Waals surface area contributed by atoms with E-state index in [9.17, 15) is 0 Å². The highest BCUT2D eigenvalue weighted by Gasteiger charge is 2.12. The molecule has 0 saturated heterocycles. The third-order valence-electron chi connectivity index (χ3n) is 2.62. The number of nitrogens with one attached hydrogen (secondary N) is 1. The van der Waals surface area contributed by atoms with Crippen molar-refractivity contribution in [1.82, 2.24) is 10.3 Å². The van der Waals surface area contributed by atoms with Gasteiger partial charge < -0.3 is 9.73 Å². The normalized spacial score (nSPS) is 12.2. The maximum Gasteiger partial charge on any atom is 0.105 e. The minimum atomic E-state index is 0. The Hall–Kier alpha value is -0.840. The van der Waals surface area contributed by atoms with Gasteiger partial charge in [0.2, 0.25) is 0 Å². The molecule has 2 aromatic rings. The van der Waals surface area contributed by atoms with Crippen molar-refractivity contribution >= 4 is 23.7 Å². The van der Waals surface area contributed by atoms with Crippen molar-refractivity contribution < 1.29 is 4.42 Å². The summed E-state index contributed by atoms with van der Waals surface area (Å²) in [6.45, 7) is 6.92. The monoisotopic (exact) mass is 272 g/mol. The first-order chi connectivity index (χ1) is 7.66. The Morgan fingerprint density at radius 3 is 2.76 bits per heavy atom. The van der Waals surface area contributed by atoms with Crippen molar-refractivity contribution in [3.8, 4) is 0 Å². The van der Waals surface area contributed by atoms with Crippen molar-refractivity contribution in [2.75, 3.05) is 0 Å². The zero-order valence-electron chi connectivity index (χ0n) is 10.2. The summed E-state index contributed by atoms with van der Waals surface area (Å²) < 4.78 is 5.52. The fourth-order valence-corrected chi connectivity index (χ4v) is 2.33. The van der Waals surface area contributed by atoms with E-state index in [0.29, 0.717) is 6.04 Å². The number of nitrogens with zero attached hydrogens (tertiary/aromatic N) is 1. The van der Waals surface area contributed by atoms with Crippen LogP contribution in [0.5, 0.6) is 0 Å². The molecule has 0 bridgehead atoms. The summed E-state index contributed by atoms with van der Waals surface area (Å²) in [5, 5.41) is 5.50. The molecular formula is C12H17ClN2OS. The lowest BCUT2D eigenvalue weighted by molar-refractivity contribution is 0.489. The van der Waals surface area contributed by atoms with Crippen LogP contribution in [-0.4, -0.2) is 4.98 Å². The average Bonchev–Trinajstić information content (AvgIpc) is 2.84. The Balaban J connectivity index is 0.00000144. The van der Waals surface area contributed by atoms with Gasteiger partial charge in [-0.25, -0.2) is 4.98 Å². The van der Waals surface area contributed by atoms with Crippen molar-refractivity contribution in [2.45, 2.75) is 33.4 Å². The largest absolute Gasteiger partial charge is 0.466 e. The first kappa shape index (κ1) is 14.2. The molecule has 5 heteroatoms. The summed E-state index contributed by atoms with van der Waals surface area (Å²) in [7, 11) is 0. The molecule has 2 aromatic heterocycles. The van der Waals surface area contributed by atoms with Crippen molar-refractivity contribution in [1.29, 1.82) is 0 Å². The number of aryl methyl sites for hydroxylation is 2. The second-order valence-corrected chi connectivity index (χ2v) is 4.67. The van der Waals surface area contributed by atoms with Crippen LogP contribution >= 0.6 is 23.7 Å². The third kappa shape index (κ3) is 3.56. The Kier molecular flexibility index (Phi) is 5.18. The van der Waals surface area contributed by atoms with Crippen LogP contribution < -0.4 is 5.32 Å². The van der Waals surface area contributed by atoms with Gasteiger partial charge in [-0.2, -0.15) is 0 Å². The fourth-order valence-electron chi connectivity index (χ4n) is 1.77. The molecule has 0 aliphatic carbocycles. The van der Waals surface area contributed by atoms with E-state index in [1.54, 1.807) is 11.3 Å². The van der Waals surface area contributed by atoms with Gasteiger partial charge in [-0.3, -0.25) is 0 Å². The van der Waals surface area contributed by atoms with Gasteiger partial charge in [0.1, 0.15) is 11.5 Å². The lowest BCUT2D eigenvalue weighted by Gasteiger charge is -2.11. The highest BCUT2D eigenvalue weighted by Crippen LogP contribution is 2.21. The number of aromatic nitrogens is 1. The van der Waals surface area contributed by atoms with Crippen LogP contribution in [-0.2, 0) is 6.54 Å². The molecule has 2 heterocycles. The average molecular weight is 273 g/mol. The van der Waals surface area contributed by atoms with Crippen LogP contribution in [0.2, 0.25) is 0 Å². The molecule has 0 aliphatic rings. The van der Waals surface area contributed by atoms with Gasteiger partial charge in [-0.1, -0.05) is 0 Å². The topological polar surface area (TPSA) is 38.1 Å². The summed E-state index contributed by atoms with van der Waals surface area (Å²) in [6.07, 6.45) is 0. The van der Waals surface area contributed by atoms with Gasteiger partial charge in [-0.05, 0) is 26.8 Å². The number of hydrogen-bond donors (Lipinski definition) is 1. The van der Waals surface area contributed by atoms with Crippen molar-refractivity contribution in [2.24, 2.45) is 0 Å². The highest BCUT2D eigenvalue weighted by molar-refractivity contribution is 7.07. The van der Waals surface area contributed by atoms with E-state index in [0.717, 1.165) is 23.8 Å². The van der Waals surface area contributed by atoms with Gasteiger partial charge in [0, 0.05) is 23.5 Å². The summed E-state index contributed by atoms with van der Waals surface area (Å²) in [6, 6.07) is 2.38. The molecule has 0 amide bonds. The predicted octanol–water partition coefficient (Wildman–Crippen LogP) is 3.63. The number of rotatable bonds is 4. The third-order valence-corrected chi connectivity index (χ3v) is 3.25. The van der Waals surface area contributed by atoms with Gasteiger partial charge in [0.05, 0.1) is 11.2 Å². The molecule has 1 unspecified atom stereocenters. The Bertz CT molecular complexity index is 453. The number of hydrogen-bond acceptors (Lipinski definition) is 4. The highest BCUT2D eigenvalue weighted by atomic mass is 35.5. The smallest absolute Gasteiger partial charge is 0.105 e. The summed E-state index contributed by atoms with van der Waals surface area (Å²) in [5.41, 5.74) is 4.18. The molecule has 1 N–H and O–H groups in total. The van der Waals surface area contributed by atoms with Crippen LogP contribution in [0.3, 0.4) is 0 Å². The maximum atomic E-state index is 5.52. The molecular weight excluding hydrogens is 256 g/mol. The fraction of sp³-hybridized carbons (Fsp3) is 0.417. The second kappa shape index (κ2) is 6.19. The van der Waals surface area contributed by atoms with E-state index in [-0.39, 0.29) is 12.4 Å². The Labute approximate surface area is 112 Å². The quantitative estimate of drug-likeness (QED) is 0.924. The van der Waals surface area contributed by atoms with Crippen molar-refractivity contribution in [3.63, 3.8) is 0 Å². The van der Waals surface area contributed by atoms with Crippen LogP contribution in [0, 0.1) is 13.8 Å². The van der Waals surface area contributed by atoms with E-state index in [2.05, 4.69) is 28.7 Å².